The molecule has 0 spiro atoms. The largest absolute Gasteiger partial charge is 0.452 e. The Kier molecular flexibility index (Phi) is 6.60. The smallest absolute Gasteiger partial charge is 0.338 e. The van der Waals surface area contributed by atoms with Crippen LogP contribution < -0.4 is 10.6 Å². The predicted molar refractivity (Wildman–Crippen MR) is 116 cm³/mol. The van der Waals surface area contributed by atoms with Gasteiger partial charge >= 0.3 is 5.97 Å². The molecule has 6 nitrogen and oxygen atoms in total. The average molecular weight is 402 g/mol. The quantitative estimate of drug-likeness (QED) is 0.601. The van der Waals surface area contributed by atoms with Gasteiger partial charge in [0.25, 0.3) is 11.8 Å². The second-order valence-corrected chi connectivity index (χ2v) is 6.81. The van der Waals surface area contributed by atoms with Crippen molar-refractivity contribution in [1.82, 2.24) is 0 Å². The van der Waals surface area contributed by atoms with Crippen LogP contribution in [0.1, 0.15) is 31.8 Å². The fourth-order valence-electron chi connectivity index (χ4n) is 2.91. The monoisotopic (exact) mass is 402 g/mol. The lowest BCUT2D eigenvalue weighted by molar-refractivity contribution is -0.119. The number of carbonyl (C=O) groups excluding carboxylic acids is 3. The Morgan fingerprint density at radius 1 is 0.800 bits per heavy atom. The van der Waals surface area contributed by atoms with Crippen LogP contribution in [-0.4, -0.2) is 24.4 Å². The molecule has 0 aromatic heterocycles. The maximum atomic E-state index is 12.7. The molecule has 6 heteroatoms. The predicted octanol–water partition coefficient (Wildman–Crippen LogP) is 4.35. The van der Waals surface area contributed by atoms with Gasteiger partial charge in [0.2, 0.25) is 0 Å². The highest BCUT2D eigenvalue weighted by atomic mass is 16.5. The molecule has 0 aliphatic rings. The van der Waals surface area contributed by atoms with E-state index in [1.165, 1.54) is 0 Å². The van der Waals surface area contributed by atoms with Crippen LogP contribution in [-0.2, 0) is 9.53 Å². The van der Waals surface area contributed by atoms with Crippen molar-refractivity contribution in [3.8, 4) is 0 Å². The molecule has 0 aliphatic heterocycles. The van der Waals surface area contributed by atoms with E-state index in [1.54, 1.807) is 55.5 Å². The van der Waals surface area contributed by atoms with Crippen LogP contribution in [0.25, 0.3) is 0 Å². The Hall–Kier alpha value is -3.93. The summed E-state index contributed by atoms with van der Waals surface area (Å²) in [5.41, 5.74) is 3.49. The van der Waals surface area contributed by atoms with E-state index in [-0.39, 0.29) is 5.91 Å². The highest BCUT2D eigenvalue weighted by Crippen LogP contribution is 2.18. The van der Waals surface area contributed by atoms with Crippen molar-refractivity contribution in [2.24, 2.45) is 0 Å². The van der Waals surface area contributed by atoms with Gasteiger partial charge in [-0.2, -0.15) is 0 Å². The summed E-state index contributed by atoms with van der Waals surface area (Å²) in [4.78, 5) is 37.1. The van der Waals surface area contributed by atoms with Crippen molar-refractivity contribution in [2.45, 2.75) is 13.8 Å². The fourth-order valence-corrected chi connectivity index (χ4v) is 2.91. The van der Waals surface area contributed by atoms with E-state index < -0.39 is 18.5 Å². The lowest BCUT2D eigenvalue weighted by Gasteiger charge is -2.12. The lowest BCUT2D eigenvalue weighted by atomic mass is 10.1. The number of aryl methyl sites for hydroxylation is 2. The number of ether oxygens (including phenoxy) is 1. The average Bonchev–Trinajstić information content (AvgIpc) is 2.73. The zero-order valence-corrected chi connectivity index (χ0v) is 16.8. The van der Waals surface area contributed by atoms with Crippen molar-refractivity contribution in [1.29, 1.82) is 0 Å². The van der Waals surface area contributed by atoms with Crippen LogP contribution in [0.15, 0.2) is 72.8 Å². The summed E-state index contributed by atoms with van der Waals surface area (Å²) >= 11 is 0. The minimum absolute atomic E-state index is 0.303. The van der Waals surface area contributed by atoms with Crippen molar-refractivity contribution < 1.29 is 19.1 Å². The molecule has 0 heterocycles. The SMILES string of the molecule is Cc1cccc(NC(=O)c2ccccc2NC(=O)COC(=O)c2ccccc2C)c1. The van der Waals surface area contributed by atoms with Crippen molar-refractivity contribution in [2.75, 3.05) is 17.2 Å². The molecule has 3 aromatic rings. The first kappa shape index (κ1) is 20.8. The third-order valence-electron chi connectivity index (χ3n) is 4.42. The number of hydrogen-bond donors (Lipinski definition) is 2. The van der Waals surface area contributed by atoms with Gasteiger partial charge in [-0.3, -0.25) is 9.59 Å². The van der Waals surface area contributed by atoms with E-state index in [9.17, 15) is 14.4 Å². The Morgan fingerprint density at radius 3 is 2.23 bits per heavy atom. The minimum atomic E-state index is -0.575. The maximum Gasteiger partial charge on any atom is 0.338 e. The van der Waals surface area contributed by atoms with Crippen molar-refractivity contribution in [3.05, 3.63) is 95.1 Å². The zero-order chi connectivity index (χ0) is 21.5. The fraction of sp³-hybridized carbons (Fsp3) is 0.125. The van der Waals surface area contributed by atoms with Crippen molar-refractivity contribution in [3.63, 3.8) is 0 Å². The standard InChI is InChI=1S/C24H22N2O4/c1-16-8-7-10-18(14-16)25-23(28)20-12-5-6-13-21(20)26-22(27)15-30-24(29)19-11-4-3-9-17(19)2/h3-14H,15H2,1-2H3,(H,25,28)(H,26,27). The number of rotatable bonds is 6. The number of hydrogen-bond acceptors (Lipinski definition) is 4. The second-order valence-electron chi connectivity index (χ2n) is 6.81. The normalized spacial score (nSPS) is 10.2. The number of anilines is 2. The topological polar surface area (TPSA) is 84.5 Å². The molecule has 0 unspecified atom stereocenters. The summed E-state index contributed by atoms with van der Waals surface area (Å²) in [7, 11) is 0. The van der Waals surface area contributed by atoms with Gasteiger partial charge in [0.1, 0.15) is 0 Å². The van der Waals surface area contributed by atoms with Gasteiger partial charge in [-0.05, 0) is 55.3 Å². The molecule has 3 aromatic carbocycles. The van der Waals surface area contributed by atoms with Gasteiger partial charge in [0.05, 0.1) is 16.8 Å². The Balaban J connectivity index is 1.64. The molecule has 0 saturated carbocycles. The molecule has 3 rings (SSSR count). The van der Waals surface area contributed by atoms with Crippen molar-refractivity contribution >= 4 is 29.2 Å². The molecular weight excluding hydrogens is 380 g/mol. The molecule has 0 bridgehead atoms. The highest BCUT2D eigenvalue weighted by molar-refractivity contribution is 6.10. The van der Waals surface area contributed by atoms with Gasteiger partial charge in [-0.15, -0.1) is 0 Å². The van der Waals surface area contributed by atoms with E-state index >= 15 is 0 Å². The number of amides is 2. The third-order valence-corrected chi connectivity index (χ3v) is 4.42. The minimum Gasteiger partial charge on any atom is -0.452 e. The molecule has 0 saturated heterocycles. The zero-order valence-electron chi connectivity index (χ0n) is 16.8. The van der Waals surface area contributed by atoms with E-state index in [4.69, 9.17) is 4.74 Å². The van der Waals surface area contributed by atoms with Crippen LogP contribution in [0.4, 0.5) is 11.4 Å². The Morgan fingerprint density at radius 2 is 1.50 bits per heavy atom. The highest BCUT2D eigenvalue weighted by Gasteiger charge is 2.16. The molecule has 0 radical (unpaired) electrons. The van der Waals surface area contributed by atoms with E-state index in [0.717, 1.165) is 11.1 Å². The van der Waals surface area contributed by atoms with Gasteiger partial charge in [0.15, 0.2) is 6.61 Å². The number of para-hydroxylation sites is 1. The summed E-state index contributed by atoms with van der Waals surface area (Å²) in [6, 6.07) is 21.0. The van der Waals surface area contributed by atoms with Gasteiger partial charge in [-0.1, -0.05) is 42.5 Å². The number of nitrogens with one attached hydrogen (secondary N) is 2. The number of esters is 1. The van der Waals surface area contributed by atoms with Crippen LogP contribution in [0.5, 0.6) is 0 Å². The Bertz CT molecular complexity index is 1090. The molecule has 2 N–H and O–H groups in total. The third kappa shape index (κ3) is 5.32. The first-order valence-corrected chi connectivity index (χ1v) is 9.43. The molecule has 30 heavy (non-hydrogen) atoms. The number of benzene rings is 3. The lowest BCUT2D eigenvalue weighted by Crippen LogP contribution is -2.23. The summed E-state index contributed by atoms with van der Waals surface area (Å²) in [5.74, 6) is -1.46. The van der Waals surface area contributed by atoms with Gasteiger partial charge < -0.3 is 15.4 Å². The first-order chi connectivity index (χ1) is 14.4. The Labute approximate surface area is 174 Å². The summed E-state index contributed by atoms with van der Waals surface area (Å²) < 4.78 is 5.10. The van der Waals surface area contributed by atoms with Crippen LogP contribution >= 0.6 is 0 Å². The molecule has 0 atom stereocenters. The van der Waals surface area contributed by atoms with E-state index in [2.05, 4.69) is 10.6 Å². The summed E-state index contributed by atoms with van der Waals surface area (Å²) in [5, 5.41) is 5.45. The van der Waals surface area contributed by atoms with Crippen LogP contribution in [0.2, 0.25) is 0 Å². The summed E-state index contributed by atoms with van der Waals surface area (Å²) in [6.07, 6.45) is 0. The first-order valence-electron chi connectivity index (χ1n) is 9.43. The molecule has 0 aliphatic carbocycles. The van der Waals surface area contributed by atoms with Gasteiger partial charge in [0, 0.05) is 5.69 Å². The maximum absolute atomic E-state index is 12.7. The molecule has 152 valence electrons. The molecular formula is C24H22N2O4. The van der Waals surface area contributed by atoms with Crippen LogP contribution in [0, 0.1) is 13.8 Å². The van der Waals surface area contributed by atoms with Gasteiger partial charge in [-0.25, -0.2) is 4.79 Å². The van der Waals surface area contributed by atoms with E-state index in [1.807, 2.05) is 31.2 Å². The second kappa shape index (κ2) is 9.52. The number of carbonyl (C=O) groups is 3. The molecule has 0 fully saturated rings. The van der Waals surface area contributed by atoms with E-state index in [0.29, 0.717) is 22.5 Å². The summed E-state index contributed by atoms with van der Waals surface area (Å²) in [6.45, 7) is 3.27. The van der Waals surface area contributed by atoms with Crippen LogP contribution in [0.3, 0.4) is 0 Å². The molecule has 2 amide bonds.